The number of alkyl halides is 1. The Bertz CT molecular complexity index is 495. The van der Waals surface area contributed by atoms with Gasteiger partial charge in [0.15, 0.2) is 5.78 Å². The molecule has 3 fully saturated rings. The molecule has 1 heterocycles. The summed E-state index contributed by atoms with van der Waals surface area (Å²) in [4.78, 5) is 27.8. The van der Waals surface area contributed by atoms with E-state index in [0.717, 1.165) is 38.8 Å². The Labute approximate surface area is 136 Å². The van der Waals surface area contributed by atoms with E-state index < -0.39 is 5.41 Å². The molecule has 0 radical (unpaired) electrons. The largest absolute Gasteiger partial charge is 0.342 e. The van der Waals surface area contributed by atoms with E-state index in [-0.39, 0.29) is 27.3 Å². The van der Waals surface area contributed by atoms with Gasteiger partial charge < -0.3 is 4.90 Å². The number of Topliss-reactive ketones (excluding diaryl/α,β-unsaturated/α-hetero) is 1. The number of fused-ring (bicyclic) bond motifs is 2. The van der Waals surface area contributed by atoms with Crippen LogP contribution in [-0.2, 0) is 9.59 Å². The maximum atomic E-state index is 13.3. The molecule has 21 heavy (non-hydrogen) atoms. The van der Waals surface area contributed by atoms with Crippen LogP contribution in [0.1, 0.15) is 53.4 Å². The van der Waals surface area contributed by atoms with Crippen LogP contribution in [0.15, 0.2) is 0 Å². The van der Waals surface area contributed by atoms with E-state index >= 15 is 0 Å². The van der Waals surface area contributed by atoms with Gasteiger partial charge in [-0.05, 0) is 37.0 Å². The lowest BCUT2D eigenvalue weighted by molar-refractivity contribution is -0.148. The van der Waals surface area contributed by atoms with Gasteiger partial charge in [0, 0.05) is 18.5 Å². The Morgan fingerprint density at radius 1 is 1.19 bits per heavy atom. The molecule has 1 amide bonds. The van der Waals surface area contributed by atoms with Crippen molar-refractivity contribution in [2.45, 2.75) is 58.2 Å². The molecule has 4 heteroatoms. The molecule has 2 saturated carbocycles. The smallest absolute Gasteiger partial charge is 0.230 e. The highest BCUT2D eigenvalue weighted by Crippen LogP contribution is 2.72. The van der Waals surface area contributed by atoms with E-state index in [0.29, 0.717) is 5.92 Å². The van der Waals surface area contributed by atoms with E-state index in [9.17, 15) is 9.59 Å². The minimum atomic E-state index is -0.542. The van der Waals surface area contributed by atoms with Crippen molar-refractivity contribution in [3.63, 3.8) is 0 Å². The van der Waals surface area contributed by atoms with Crippen LogP contribution in [0.2, 0.25) is 0 Å². The number of rotatable bonds is 1. The van der Waals surface area contributed by atoms with Crippen molar-refractivity contribution in [1.29, 1.82) is 0 Å². The number of carbonyl (C=O) groups excluding carboxylic acids is 2. The van der Waals surface area contributed by atoms with E-state index in [1.807, 2.05) is 4.90 Å². The van der Waals surface area contributed by atoms with Crippen LogP contribution in [0.4, 0.5) is 0 Å². The maximum absolute atomic E-state index is 13.3. The summed E-state index contributed by atoms with van der Waals surface area (Å²) >= 11 is 3.61. The number of ketones is 1. The maximum Gasteiger partial charge on any atom is 0.230 e. The van der Waals surface area contributed by atoms with Crippen molar-refractivity contribution >= 4 is 27.6 Å². The number of hydrogen-bond acceptors (Lipinski definition) is 2. The van der Waals surface area contributed by atoms with Gasteiger partial charge in [-0.3, -0.25) is 9.59 Å². The summed E-state index contributed by atoms with van der Waals surface area (Å²) in [6.07, 6.45) is 3.85. The molecule has 118 valence electrons. The third-order valence-electron chi connectivity index (χ3n) is 7.17. The van der Waals surface area contributed by atoms with Crippen LogP contribution in [0.5, 0.6) is 0 Å². The third-order valence-corrected chi connectivity index (χ3v) is 8.37. The summed E-state index contributed by atoms with van der Waals surface area (Å²) in [5, 5.41) is 0. The van der Waals surface area contributed by atoms with Gasteiger partial charge in [-0.25, -0.2) is 0 Å². The predicted octanol–water partition coefficient (Wildman–Crippen LogP) is 3.40. The van der Waals surface area contributed by atoms with Crippen LogP contribution in [0.25, 0.3) is 0 Å². The fourth-order valence-corrected chi connectivity index (χ4v) is 6.42. The van der Waals surface area contributed by atoms with Gasteiger partial charge in [0.25, 0.3) is 0 Å². The van der Waals surface area contributed by atoms with Crippen LogP contribution in [-0.4, -0.2) is 34.5 Å². The molecule has 0 N–H and O–H groups in total. The lowest BCUT2D eigenvalue weighted by atomic mass is 9.64. The highest BCUT2D eigenvalue weighted by molar-refractivity contribution is 9.10. The molecule has 2 aliphatic carbocycles. The Hall–Kier alpha value is -0.380. The topological polar surface area (TPSA) is 37.4 Å². The van der Waals surface area contributed by atoms with Crippen LogP contribution in [0, 0.1) is 22.2 Å². The minimum absolute atomic E-state index is 0.218. The zero-order valence-corrected chi connectivity index (χ0v) is 15.1. The molecule has 1 aliphatic heterocycles. The highest BCUT2D eigenvalue weighted by Gasteiger charge is 2.77. The first-order valence-corrected chi connectivity index (χ1v) is 9.08. The number of nitrogens with zero attached hydrogens (tertiary/aromatic N) is 1. The molecule has 0 spiro atoms. The monoisotopic (exact) mass is 355 g/mol. The van der Waals surface area contributed by atoms with E-state index in [4.69, 9.17) is 0 Å². The Balaban J connectivity index is 1.96. The van der Waals surface area contributed by atoms with Crippen molar-refractivity contribution in [2.75, 3.05) is 13.1 Å². The average molecular weight is 356 g/mol. The second-order valence-corrected chi connectivity index (χ2v) is 9.05. The molecule has 0 aromatic heterocycles. The number of likely N-dealkylation sites (tertiary alicyclic amines) is 1. The fourth-order valence-electron chi connectivity index (χ4n) is 4.92. The second kappa shape index (κ2) is 4.56. The first-order valence-electron chi connectivity index (χ1n) is 8.16. The SMILES string of the molecule is CC1CCN(C(=O)[C@]23CC[C@@](C)(C(=O)[C@@H]2Br)C3(C)C)CC1. The summed E-state index contributed by atoms with van der Waals surface area (Å²) in [6, 6.07) is 0. The normalized spacial score (nSPS) is 42.6. The Kier molecular flexibility index (Phi) is 3.37. The molecule has 3 nitrogen and oxygen atoms in total. The van der Waals surface area contributed by atoms with Crippen molar-refractivity contribution in [2.24, 2.45) is 22.2 Å². The third kappa shape index (κ3) is 1.66. The molecular formula is C17H26BrNO2. The average Bonchev–Trinajstić information content (AvgIpc) is 2.71. The first kappa shape index (κ1) is 15.5. The van der Waals surface area contributed by atoms with Gasteiger partial charge in [0.2, 0.25) is 5.91 Å². The first-order chi connectivity index (χ1) is 9.68. The highest BCUT2D eigenvalue weighted by atomic mass is 79.9. The van der Waals surface area contributed by atoms with Crippen molar-refractivity contribution in [1.82, 2.24) is 4.90 Å². The molecule has 1 saturated heterocycles. The summed E-state index contributed by atoms with van der Waals surface area (Å²) < 4.78 is 0. The Morgan fingerprint density at radius 2 is 1.76 bits per heavy atom. The molecule has 0 aromatic carbocycles. The van der Waals surface area contributed by atoms with Gasteiger partial charge in [0.05, 0.1) is 10.2 Å². The van der Waals surface area contributed by atoms with Gasteiger partial charge in [-0.15, -0.1) is 0 Å². The van der Waals surface area contributed by atoms with Gasteiger partial charge >= 0.3 is 0 Å². The summed E-state index contributed by atoms with van der Waals surface area (Å²) in [5.41, 5.74) is -1.18. The van der Waals surface area contributed by atoms with Gasteiger partial charge in [-0.1, -0.05) is 43.6 Å². The zero-order chi connectivity index (χ0) is 15.6. The van der Waals surface area contributed by atoms with Crippen LogP contribution < -0.4 is 0 Å². The van der Waals surface area contributed by atoms with Crippen molar-refractivity contribution in [3.05, 3.63) is 0 Å². The van der Waals surface area contributed by atoms with Crippen molar-refractivity contribution < 1.29 is 9.59 Å². The molecule has 3 aliphatic rings. The second-order valence-electron chi connectivity index (χ2n) is 8.13. The molecule has 2 bridgehead atoms. The molecule has 0 unspecified atom stereocenters. The predicted molar refractivity (Wildman–Crippen MR) is 86.3 cm³/mol. The lowest BCUT2D eigenvalue weighted by Crippen LogP contribution is -2.54. The number of hydrogen-bond donors (Lipinski definition) is 0. The standard InChI is InChI=1S/C17H26BrNO2/c1-11-5-9-19(10-6-11)14(21)17-8-7-16(4,15(17,2)3)13(20)12(17)18/h11-12H,5-10H2,1-4H3/t12-,16-,17-/m0/s1. The van der Waals surface area contributed by atoms with E-state index in [2.05, 4.69) is 43.6 Å². The molecule has 3 rings (SSSR count). The van der Waals surface area contributed by atoms with Gasteiger partial charge in [-0.2, -0.15) is 0 Å². The summed E-state index contributed by atoms with van der Waals surface area (Å²) in [7, 11) is 0. The zero-order valence-electron chi connectivity index (χ0n) is 13.5. The van der Waals surface area contributed by atoms with Crippen LogP contribution in [0.3, 0.4) is 0 Å². The van der Waals surface area contributed by atoms with E-state index in [1.54, 1.807) is 0 Å². The lowest BCUT2D eigenvalue weighted by Gasteiger charge is -2.44. The summed E-state index contributed by atoms with van der Waals surface area (Å²) in [6.45, 7) is 10.3. The quantitative estimate of drug-likeness (QED) is 0.676. The van der Waals surface area contributed by atoms with Crippen molar-refractivity contribution in [3.8, 4) is 0 Å². The number of carbonyl (C=O) groups is 2. The molecule has 0 aromatic rings. The fraction of sp³-hybridized carbons (Fsp3) is 0.882. The van der Waals surface area contributed by atoms with Crippen LogP contribution >= 0.6 is 15.9 Å². The minimum Gasteiger partial charge on any atom is -0.342 e. The van der Waals surface area contributed by atoms with Gasteiger partial charge in [0.1, 0.15) is 0 Å². The van der Waals surface area contributed by atoms with E-state index in [1.165, 1.54) is 0 Å². The number of piperidine rings is 1. The summed E-state index contributed by atoms with van der Waals surface area (Å²) in [5.74, 6) is 1.16. The molecule has 3 atom stereocenters. The Morgan fingerprint density at radius 3 is 2.24 bits per heavy atom. The number of amides is 1. The molecular weight excluding hydrogens is 330 g/mol. The number of halogens is 1.